The number of amides is 1. The number of aliphatic carboxylic acids is 1. The van der Waals surface area contributed by atoms with Crippen LogP contribution in [0.2, 0.25) is 0 Å². The van der Waals surface area contributed by atoms with Crippen LogP contribution in [-0.2, 0) is 9.59 Å². The maximum absolute atomic E-state index is 11.2. The van der Waals surface area contributed by atoms with Crippen LogP contribution in [0, 0.1) is 11.8 Å². The lowest BCUT2D eigenvalue weighted by molar-refractivity contribution is -0.145. The lowest BCUT2D eigenvalue weighted by Gasteiger charge is -2.28. The summed E-state index contributed by atoms with van der Waals surface area (Å²) in [6, 6.07) is 0. The molecule has 0 saturated heterocycles. The Morgan fingerprint density at radius 1 is 1.31 bits per heavy atom. The van der Waals surface area contributed by atoms with Gasteiger partial charge in [-0.15, -0.1) is 11.6 Å². The zero-order valence-electron chi connectivity index (χ0n) is 9.25. The highest BCUT2D eigenvalue weighted by Crippen LogP contribution is 2.29. The van der Waals surface area contributed by atoms with E-state index in [1.54, 1.807) is 0 Å². The molecule has 16 heavy (non-hydrogen) atoms. The molecule has 0 aromatic rings. The van der Waals surface area contributed by atoms with Gasteiger partial charge in [0.05, 0.1) is 5.92 Å². The molecule has 0 radical (unpaired) electrons. The maximum Gasteiger partial charge on any atom is 0.306 e. The van der Waals surface area contributed by atoms with Gasteiger partial charge in [0, 0.05) is 18.8 Å². The average molecular weight is 248 g/mol. The van der Waals surface area contributed by atoms with Gasteiger partial charge in [-0.3, -0.25) is 9.59 Å². The number of alkyl halides is 1. The van der Waals surface area contributed by atoms with Crippen molar-refractivity contribution in [2.75, 3.05) is 12.4 Å². The van der Waals surface area contributed by atoms with E-state index < -0.39 is 5.97 Å². The monoisotopic (exact) mass is 247 g/mol. The molecule has 4 nitrogen and oxygen atoms in total. The van der Waals surface area contributed by atoms with Crippen molar-refractivity contribution >= 4 is 23.5 Å². The highest BCUT2D eigenvalue weighted by molar-refractivity contribution is 6.18. The summed E-state index contributed by atoms with van der Waals surface area (Å²) in [4.78, 5) is 22.2. The molecular weight excluding hydrogens is 230 g/mol. The van der Waals surface area contributed by atoms with Crippen LogP contribution < -0.4 is 5.32 Å². The van der Waals surface area contributed by atoms with Crippen LogP contribution in [-0.4, -0.2) is 29.4 Å². The van der Waals surface area contributed by atoms with Crippen molar-refractivity contribution in [3.8, 4) is 0 Å². The Bertz CT molecular complexity index is 258. The fourth-order valence-electron chi connectivity index (χ4n) is 2.20. The fraction of sp³-hybridized carbons (Fsp3) is 0.818. The first-order chi connectivity index (χ1) is 7.65. The summed E-state index contributed by atoms with van der Waals surface area (Å²) in [6.45, 7) is 0.465. The van der Waals surface area contributed by atoms with Crippen LogP contribution in [0.5, 0.6) is 0 Å². The molecule has 2 atom stereocenters. The molecule has 0 aromatic carbocycles. The Hall–Kier alpha value is -0.770. The number of halogens is 1. The summed E-state index contributed by atoms with van der Waals surface area (Å²) in [5.41, 5.74) is 0. The second-order valence-corrected chi connectivity index (χ2v) is 4.61. The van der Waals surface area contributed by atoms with E-state index in [1.165, 1.54) is 0 Å². The quantitative estimate of drug-likeness (QED) is 0.726. The van der Waals surface area contributed by atoms with Crippen molar-refractivity contribution in [3.63, 3.8) is 0 Å². The minimum atomic E-state index is -0.740. The van der Waals surface area contributed by atoms with Crippen LogP contribution in [0.4, 0.5) is 0 Å². The summed E-state index contributed by atoms with van der Waals surface area (Å²) in [5, 5.41) is 11.8. The van der Waals surface area contributed by atoms with E-state index in [0.717, 1.165) is 25.7 Å². The second kappa shape index (κ2) is 6.74. The van der Waals surface area contributed by atoms with Gasteiger partial charge in [-0.1, -0.05) is 12.8 Å². The second-order valence-electron chi connectivity index (χ2n) is 4.23. The molecule has 2 N–H and O–H groups in total. The fourth-order valence-corrected chi connectivity index (χ4v) is 2.37. The van der Waals surface area contributed by atoms with Crippen molar-refractivity contribution < 1.29 is 14.7 Å². The van der Waals surface area contributed by atoms with Gasteiger partial charge in [-0.2, -0.15) is 0 Å². The van der Waals surface area contributed by atoms with E-state index in [2.05, 4.69) is 5.32 Å². The van der Waals surface area contributed by atoms with Crippen molar-refractivity contribution in [2.24, 2.45) is 11.8 Å². The SMILES string of the molecule is O=C(CCCl)NC[C@@H]1CCCC[C@@H]1C(=O)O. The standard InChI is InChI=1S/C11H18ClNO3/c12-6-5-10(14)13-7-8-3-1-2-4-9(8)11(15)16/h8-9H,1-7H2,(H,13,14)(H,15,16)/t8-,9-/m0/s1. The van der Waals surface area contributed by atoms with Gasteiger partial charge >= 0.3 is 5.97 Å². The number of carbonyl (C=O) groups excluding carboxylic acids is 1. The zero-order chi connectivity index (χ0) is 12.0. The zero-order valence-corrected chi connectivity index (χ0v) is 10.0. The molecule has 0 aliphatic heterocycles. The molecule has 1 aliphatic carbocycles. The predicted molar refractivity (Wildman–Crippen MR) is 61.4 cm³/mol. The minimum Gasteiger partial charge on any atom is -0.481 e. The van der Waals surface area contributed by atoms with E-state index in [-0.39, 0.29) is 17.7 Å². The third kappa shape index (κ3) is 4.00. The number of nitrogens with one attached hydrogen (secondary N) is 1. The smallest absolute Gasteiger partial charge is 0.306 e. The Balaban J connectivity index is 2.38. The largest absolute Gasteiger partial charge is 0.481 e. The molecular formula is C11H18ClNO3. The van der Waals surface area contributed by atoms with E-state index in [0.29, 0.717) is 18.8 Å². The molecule has 5 heteroatoms. The number of carbonyl (C=O) groups is 2. The normalized spacial score (nSPS) is 25.1. The number of carboxylic acids is 1. The van der Waals surface area contributed by atoms with E-state index in [4.69, 9.17) is 16.7 Å². The van der Waals surface area contributed by atoms with Crippen LogP contribution in [0.25, 0.3) is 0 Å². The first-order valence-electron chi connectivity index (χ1n) is 5.70. The van der Waals surface area contributed by atoms with Crippen LogP contribution in [0.3, 0.4) is 0 Å². The topological polar surface area (TPSA) is 66.4 Å². The highest BCUT2D eigenvalue weighted by Gasteiger charge is 2.30. The first kappa shape index (κ1) is 13.3. The molecule has 0 bridgehead atoms. The molecule has 1 rings (SSSR count). The highest BCUT2D eigenvalue weighted by atomic mass is 35.5. The molecule has 1 fully saturated rings. The molecule has 92 valence electrons. The van der Waals surface area contributed by atoms with Gasteiger partial charge in [0.1, 0.15) is 0 Å². The van der Waals surface area contributed by atoms with Crippen LogP contribution in [0.1, 0.15) is 32.1 Å². The Kier molecular flexibility index (Phi) is 5.60. The maximum atomic E-state index is 11.2. The van der Waals surface area contributed by atoms with Gasteiger partial charge in [0.15, 0.2) is 0 Å². The van der Waals surface area contributed by atoms with Gasteiger partial charge in [0.2, 0.25) is 5.91 Å². The molecule has 1 aliphatic rings. The van der Waals surface area contributed by atoms with E-state index >= 15 is 0 Å². The average Bonchev–Trinajstić information content (AvgIpc) is 2.27. The molecule has 1 saturated carbocycles. The summed E-state index contributed by atoms with van der Waals surface area (Å²) < 4.78 is 0. The third-order valence-corrected chi connectivity index (χ3v) is 3.30. The molecule has 1 amide bonds. The van der Waals surface area contributed by atoms with Gasteiger partial charge in [-0.05, 0) is 18.8 Å². The molecule has 0 unspecified atom stereocenters. The lowest BCUT2D eigenvalue weighted by Crippen LogP contribution is -2.37. The van der Waals surface area contributed by atoms with Crippen LogP contribution in [0.15, 0.2) is 0 Å². The number of rotatable bonds is 5. The molecule has 0 spiro atoms. The summed E-state index contributed by atoms with van der Waals surface area (Å²) in [6.07, 6.45) is 3.94. The number of hydrogen-bond donors (Lipinski definition) is 2. The van der Waals surface area contributed by atoms with Crippen molar-refractivity contribution in [3.05, 3.63) is 0 Å². The summed E-state index contributed by atoms with van der Waals surface area (Å²) in [7, 11) is 0. The van der Waals surface area contributed by atoms with E-state index in [9.17, 15) is 9.59 Å². The van der Waals surface area contributed by atoms with Gasteiger partial charge in [0.25, 0.3) is 0 Å². The van der Waals surface area contributed by atoms with Crippen molar-refractivity contribution in [2.45, 2.75) is 32.1 Å². The van der Waals surface area contributed by atoms with Crippen molar-refractivity contribution in [1.29, 1.82) is 0 Å². The summed E-state index contributed by atoms with van der Waals surface area (Å²) >= 11 is 5.44. The van der Waals surface area contributed by atoms with E-state index in [1.807, 2.05) is 0 Å². The predicted octanol–water partition coefficient (Wildman–Crippen LogP) is 1.62. The lowest BCUT2D eigenvalue weighted by atomic mass is 9.79. The minimum absolute atomic E-state index is 0.0746. The Morgan fingerprint density at radius 2 is 2.00 bits per heavy atom. The number of hydrogen-bond acceptors (Lipinski definition) is 2. The number of carboxylic acid groups (broad SMARTS) is 1. The summed E-state index contributed by atoms with van der Waals surface area (Å²) in [5.74, 6) is -0.754. The Labute approximate surface area is 100 Å². The van der Waals surface area contributed by atoms with Crippen LogP contribution >= 0.6 is 11.6 Å². The molecule has 0 aromatic heterocycles. The van der Waals surface area contributed by atoms with Gasteiger partial charge < -0.3 is 10.4 Å². The van der Waals surface area contributed by atoms with Gasteiger partial charge in [-0.25, -0.2) is 0 Å². The third-order valence-electron chi connectivity index (χ3n) is 3.11. The molecule has 0 heterocycles. The van der Waals surface area contributed by atoms with Crippen molar-refractivity contribution in [1.82, 2.24) is 5.32 Å². The Morgan fingerprint density at radius 3 is 2.62 bits per heavy atom. The first-order valence-corrected chi connectivity index (χ1v) is 6.24.